The summed E-state index contributed by atoms with van der Waals surface area (Å²) in [4.78, 5) is 6.26. The van der Waals surface area contributed by atoms with Gasteiger partial charge in [-0.15, -0.1) is 23.1 Å². The lowest BCUT2D eigenvalue weighted by atomic mass is 10.1. The van der Waals surface area contributed by atoms with E-state index in [2.05, 4.69) is 4.98 Å². The van der Waals surface area contributed by atoms with E-state index in [1.54, 1.807) is 34.8 Å². The first kappa shape index (κ1) is 12.0. The van der Waals surface area contributed by atoms with Gasteiger partial charge in [0.2, 0.25) is 0 Å². The molecule has 1 aromatic carbocycles. The fraction of sp³-hybridized carbons (Fsp3) is 0.308. The zero-order valence-corrected chi connectivity index (χ0v) is 11.3. The Hall–Kier alpha value is -1.04. The van der Waals surface area contributed by atoms with Crippen LogP contribution < -0.4 is 4.74 Å². The number of aliphatic hydroxyl groups is 1. The van der Waals surface area contributed by atoms with Crippen LogP contribution in [0.25, 0.3) is 0 Å². The molecule has 18 heavy (non-hydrogen) atoms. The molecule has 0 bridgehead atoms. The van der Waals surface area contributed by atoms with Crippen LogP contribution in [0, 0.1) is 0 Å². The molecule has 3 nitrogen and oxygen atoms in total. The molecule has 0 radical (unpaired) electrons. The monoisotopic (exact) mass is 279 g/mol. The number of rotatable bonds is 3. The largest absolute Gasteiger partial charge is 0.486 e. The summed E-state index contributed by atoms with van der Waals surface area (Å²) in [5.74, 6) is 1.67. The third kappa shape index (κ3) is 2.53. The van der Waals surface area contributed by atoms with Crippen LogP contribution in [0.2, 0.25) is 0 Å². The topological polar surface area (TPSA) is 42.4 Å². The van der Waals surface area contributed by atoms with Gasteiger partial charge in [-0.25, -0.2) is 0 Å². The molecule has 2 heterocycles. The van der Waals surface area contributed by atoms with Gasteiger partial charge in [-0.1, -0.05) is 12.1 Å². The number of benzene rings is 1. The molecule has 1 aliphatic rings. The van der Waals surface area contributed by atoms with Gasteiger partial charge in [0.1, 0.15) is 11.9 Å². The molecule has 2 unspecified atom stereocenters. The van der Waals surface area contributed by atoms with Crippen LogP contribution in [0.1, 0.15) is 4.88 Å². The first-order valence-corrected chi connectivity index (χ1v) is 7.63. The number of nitrogens with zero attached hydrogens (tertiary/aromatic N) is 1. The van der Waals surface area contributed by atoms with Gasteiger partial charge in [-0.3, -0.25) is 4.98 Å². The smallest absolute Gasteiger partial charge is 0.134 e. The molecule has 1 aromatic heterocycles. The van der Waals surface area contributed by atoms with Crippen molar-refractivity contribution in [3.63, 3.8) is 0 Å². The van der Waals surface area contributed by atoms with Crippen molar-refractivity contribution in [1.82, 2.24) is 4.98 Å². The number of hydrogen-bond acceptors (Lipinski definition) is 5. The van der Waals surface area contributed by atoms with Crippen molar-refractivity contribution in [3.8, 4) is 5.75 Å². The second-order valence-electron chi connectivity index (χ2n) is 4.15. The van der Waals surface area contributed by atoms with Gasteiger partial charge in [-0.2, -0.15) is 0 Å². The van der Waals surface area contributed by atoms with E-state index in [1.807, 2.05) is 24.3 Å². The average molecular weight is 279 g/mol. The Morgan fingerprint density at radius 3 is 3.17 bits per heavy atom. The Balaban J connectivity index is 1.68. The van der Waals surface area contributed by atoms with Crippen LogP contribution >= 0.6 is 23.1 Å². The standard InChI is InChI=1S/C13H13NO2S2/c15-10(5-9-6-14-8-18-9)12-7-17-13-4-2-1-3-11(13)16-12/h1-4,6,8,10,12,15H,5,7H2. The highest BCUT2D eigenvalue weighted by molar-refractivity contribution is 7.99. The molecule has 2 atom stereocenters. The summed E-state index contributed by atoms with van der Waals surface area (Å²) in [5.41, 5.74) is 1.79. The van der Waals surface area contributed by atoms with Gasteiger partial charge in [-0.05, 0) is 12.1 Å². The maximum absolute atomic E-state index is 10.2. The van der Waals surface area contributed by atoms with Crippen molar-refractivity contribution in [2.75, 3.05) is 5.75 Å². The second-order valence-corrected chi connectivity index (χ2v) is 6.19. The molecule has 0 saturated carbocycles. The van der Waals surface area contributed by atoms with Crippen molar-refractivity contribution in [2.24, 2.45) is 0 Å². The maximum atomic E-state index is 10.2. The molecule has 2 aromatic rings. The predicted molar refractivity (Wildman–Crippen MR) is 73.4 cm³/mol. The Morgan fingerprint density at radius 2 is 2.33 bits per heavy atom. The fourth-order valence-electron chi connectivity index (χ4n) is 1.91. The highest BCUT2D eigenvalue weighted by Gasteiger charge is 2.27. The number of hydrogen-bond donors (Lipinski definition) is 1. The third-order valence-electron chi connectivity index (χ3n) is 2.85. The molecule has 3 rings (SSSR count). The van der Waals surface area contributed by atoms with Crippen molar-refractivity contribution >= 4 is 23.1 Å². The average Bonchev–Trinajstić information content (AvgIpc) is 2.91. The molecular weight excluding hydrogens is 266 g/mol. The van der Waals surface area contributed by atoms with Gasteiger partial charge in [0.15, 0.2) is 0 Å². The van der Waals surface area contributed by atoms with Crippen LogP contribution in [0.5, 0.6) is 5.75 Å². The van der Waals surface area contributed by atoms with E-state index in [4.69, 9.17) is 4.74 Å². The predicted octanol–water partition coefficient (Wildman–Crippen LogP) is 2.60. The van der Waals surface area contributed by atoms with Crippen LogP contribution in [-0.4, -0.2) is 28.1 Å². The lowest BCUT2D eigenvalue weighted by Crippen LogP contribution is -2.37. The number of aliphatic hydroxyl groups excluding tert-OH is 1. The summed E-state index contributed by atoms with van der Waals surface area (Å²) >= 11 is 3.31. The van der Waals surface area contributed by atoms with E-state index in [1.165, 1.54) is 0 Å². The first-order valence-electron chi connectivity index (χ1n) is 5.77. The van der Waals surface area contributed by atoms with E-state index < -0.39 is 6.10 Å². The van der Waals surface area contributed by atoms with Crippen molar-refractivity contribution < 1.29 is 9.84 Å². The molecule has 0 saturated heterocycles. The Bertz CT molecular complexity index is 515. The SMILES string of the molecule is OC(Cc1cncs1)C1CSc2ccccc2O1. The molecule has 5 heteroatoms. The molecule has 0 fully saturated rings. The third-order valence-corrected chi connectivity index (χ3v) is 4.80. The van der Waals surface area contributed by atoms with Gasteiger partial charge in [0.25, 0.3) is 0 Å². The summed E-state index contributed by atoms with van der Waals surface area (Å²) in [6, 6.07) is 7.96. The summed E-state index contributed by atoms with van der Waals surface area (Å²) in [6.45, 7) is 0. The Labute approximate surface area is 114 Å². The number of fused-ring (bicyclic) bond motifs is 1. The maximum Gasteiger partial charge on any atom is 0.134 e. The number of thiazole rings is 1. The minimum atomic E-state index is -0.480. The normalized spacial score (nSPS) is 19.9. The zero-order chi connectivity index (χ0) is 12.4. The van der Waals surface area contributed by atoms with Gasteiger partial charge < -0.3 is 9.84 Å². The summed E-state index contributed by atoms with van der Waals surface area (Å²) in [6.07, 6.45) is 1.79. The number of para-hydroxylation sites is 1. The second kappa shape index (κ2) is 5.30. The van der Waals surface area contributed by atoms with Gasteiger partial charge in [0, 0.05) is 28.1 Å². The summed E-state index contributed by atoms with van der Waals surface area (Å²) in [7, 11) is 0. The summed E-state index contributed by atoms with van der Waals surface area (Å²) < 4.78 is 5.86. The molecule has 1 aliphatic heterocycles. The van der Waals surface area contributed by atoms with Crippen molar-refractivity contribution in [1.29, 1.82) is 0 Å². The number of ether oxygens (including phenoxy) is 1. The van der Waals surface area contributed by atoms with Gasteiger partial charge >= 0.3 is 0 Å². The molecule has 0 spiro atoms. The lowest BCUT2D eigenvalue weighted by Gasteiger charge is -2.28. The molecule has 0 amide bonds. The van der Waals surface area contributed by atoms with Crippen molar-refractivity contribution in [3.05, 3.63) is 40.8 Å². The number of aromatic nitrogens is 1. The Kier molecular flexibility index (Phi) is 3.54. The summed E-state index contributed by atoms with van der Waals surface area (Å²) in [5, 5.41) is 10.2. The van der Waals surface area contributed by atoms with E-state index in [0.29, 0.717) is 6.42 Å². The van der Waals surface area contributed by atoms with Crippen LogP contribution in [0.4, 0.5) is 0 Å². The van der Waals surface area contributed by atoms with E-state index >= 15 is 0 Å². The van der Waals surface area contributed by atoms with E-state index in [0.717, 1.165) is 21.3 Å². The van der Waals surface area contributed by atoms with Crippen LogP contribution in [-0.2, 0) is 6.42 Å². The van der Waals surface area contributed by atoms with E-state index in [9.17, 15) is 5.11 Å². The lowest BCUT2D eigenvalue weighted by molar-refractivity contribution is 0.0473. The molecule has 94 valence electrons. The highest BCUT2D eigenvalue weighted by Crippen LogP contribution is 2.36. The molecule has 0 aliphatic carbocycles. The van der Waals surface area contributed by atoms with Crippen molar-refractivity contribution in [2.45, 2.75) is 23.5 Å². The minimum absolute atomic E-state index is 0.146. The zero-order valence-electron chi connectivity index (χ0n) is 9.65. The quantitative estimate of drug-likeness (QED) is 0.938. The van der Waals surface area contributed by atoms with Crippen LogP contribution in [0.15, 0.2) is 40.9 Å². The van der Waals surface area contributed by atoms with Crippen LogP contribution in [0.3, 0.4) is 0 Å². The first-order chi connectivity index (χ1) is 8.83. The molecule has 1 N–H and O–H groups in total. The fourth-order valence-corrected chi connectivity index (χ4v) is 3.62. The number of thioether (sulfide) groups is 1. The molecular formula is C13H13NO2S2. The highest BCUT2D eigenvalue weighted by atomic mass is 32.2. The van der Waals surface area contributed by atoms with E-state index in [-0.39, 0.29) is 6.10 Å². The van der Waals surface area contributed by atoms with Gasteiger partial charge in [0.05, 0.1) is 11.6 Å². The Morgan fingerprint density at radius 1 is 1.44 bits per heavy atom. The minimum Gasteiger partial charge on any atom is -0.486 e.